The maximum Gasteiger partial charge on any atom is 0.885 e. The average Bonchev–Trinajstić information content (AvgIpc) is 2.29. The molecule has 0 amide bonds. The Morgan fingerprint density at radius 3 is 2.71 bits per heavy atom. The zero-order valence-electron chi connectivity index (χ0n) is 8.06. The number of hydrogen-bond donors (Lipinski definition) is 0. The summed E-state index contributed by atoms with van der Waals surface area (Å²) in [7, 11) is 0. The van der Waals surface area contributed by atoms with Gasteiger partial charge in [0.05, 0.1) is 11.8 Å². The molecule has 1 saturated heterocycles. The highest BCUT2D eigenvalue weighted by Crippen LogP contribution is 2.37. The van der Waals surface area contributed by atoms with Gasteiger partial charge in [0.1, 0.15) is 0 Å². The fraction of sp³-hybridized carbons (Fsp3) is 0.778. The van der Waals surface area contributed by atoms with Crippen LogP contribution in [-0.4, -0.2) is 27.8 Å². The van der Waals surface area contributed by atoms with E-state index < -0.39 is 15.9 Å². The highest BCUT2D eigenvalue weighted by molar-refractivity contribution is 6.27. The number of carbonyl (C=O) groups excluding carboxylic acids is 2. The summed E-state index contributed by atoms with van der Waals surface area (Å²) in [5, 5.41) is 0. The van der Waals surface area contributed by atoms with Crippen LogP contribution in [-0.2, 0) is 17.2 Å². The summed E-state index contributed by atoms with van der Waals surface area (Å²) in [6.07, 6.45) is 2.77. The maximum absolute atomic E-state index is 11.6. The first-order chi connectivity index (χ1) is 6.70. The molecule has 1 aliphatic heterocycles. The van der Waals surface area contributed by atoms with Crippen molar-refractivity contribution in [2.45, 2.75) is 26.2 Å². The number of rotatable bonds is 0. The van der Waals surface area contributed by atoms with Crippen LogP contribution < -0.4 is 0 Å². The zero-order valence-corrected chi connectivity index (χ0v) is 9.22. The minimum atomic E-state index is -0.923. The molecule has 0 aromatic heterocycles. The molecule has 1 radical (unpaired) electrons. The van der Waals surface area contributed by atoms with Gasteiger partial charge in [-0.3, -0.25) is 9.59 Å². The molecule has 0 aromatic rings. The summed E-state index contributed by atoms with van der Waals surface area (Å²) in [5.41, 5.74) is 0. The molecule has 2 rings (SSSR count). The van der Waals surface area contributed by atoms with E-state index in [9.17, 15) is 9.59 Å². The molecule has 2 aliphatic rings. The Balaban J connectivity index is 2.24. The third-order valence-corrected chi connectivity index (χ3v) is 3.78. The molecule has 2 fully saturated rings. The molecule has 3 unspecified atom stereocenters. The Morgan fingerprint density at radius 1 is 1.21 bits per heavy atom. The number of hydrogen-bond acceptors (Lipinski definition) is 4. The van der Waals surface area contributed by atoms with Crippen molar-refractivity contribution in [3.63, 3.8) is 0 Å². The zero-order chi connectivity index (χ0) is 10.1. The molecular formula is C9H12AlO4. The largest absolute Gasteiger partial charge is 0.885 e. The Labute approximate surface area is 89.3 Å². The van der Waals surface area contributed by atoms with Crippen LogP contribution in [0.5, 0.6) is 0 Å². The summed E-state index contributed by atoms with van der Waals surface area (Å²) in [5.74, 6) is -0.732. The van der Waals surface area contributed by atoms with Crippen molar-refractivity contribution in [1.29, 1.82) is 0 Å². The Kier molecular flexibility index (Phi) is 2.80. The molecule has 1 heterocycles. The molecule has 5 heteroatoms. The van der Waals surface area contributed by atoms with Crippen molar-refractivity contribution in [3.05, 3.63) is 0 Å². The predicted molar refractivity (Wildman–Crippen MR) is 47.9 cm³/mol. The van der Waals surface area contributed by atoms with E-state index in [1.165, 1.54) is 0 Å². The van der Waals surface area contributed by atoms with Gasteiger partial charge in [0.15, 0.2) is 0 Å². The van der Waals surface area contributed by atoms with Gasteiger partial charge in [-0.2, -0.15) is 0 Å². The SMILES string of the molecule is CC1CCCC2C(=O)[O][Al][O]C(=O)C12. The second-order valence-corrected chi connectivity index (χ2v) is 4.67. The van der Waals surface area contributed by atoms with E-state index in [4.69, 9.17) is 7.58 Å². The third kappa shape index (κ3) is 1.67. The molecule has 1 saturated carbocycles. The highest BCUT2D eigenvalue weighted by Gasteiger charge is 2.44. The molecule has 0 spiro atoms. The lowest BCUT2D eigenvalue weighted by Gasteiger charge is -2.31. The Hall–Kier alpha value is -0.528. The molecule has 14 heavy (non-hydrogen) atoms. The summed E-state index contributed by atoms with van der Waals surface area (Å²) in [6.45, 7) is 2.01. The van der Waals surface area contributed by atoms with Crippen LogP contribution in [0.2, 0.25) is 0 Å². The summed E-state index contributed by atoms with van der Waals surface area (Å²) in [6, 6.07) is 0. The first-order valence-electron chi connectivity index (χ1n) is 4.93. The average molecular weight is 211 g/mol. The van der Waals surface area contributed by atoms with Gasteiger partial charge in [-0.1, -0.05) is 13.3 Å². The van der Waals surface area contributed by atoms with Gasteiger partial charge in [0.2, 0.25) is 0 Å². The van der Waals surface area contributed by atoms with Crippen molar-refractivity contribution in [2.75, 3.05) is 0 Å². The topological polar surface area (TPSA) is 52.6 Å². The summed E-state index contributed by atoms with van der Waals surface area (Å²) >= 11 is -0.923. The summed E-state index contributed by atoms with van der Waals surface area (Å²) in [4.78, 5) is 23.1. The lowest BCUT2D eigenvalue weighted by atomic mass is 9.73. The van der Waals surface area contributed by atoms with Gasteiger partial charge in [0, 0.05) is 0 Å². The smallest absolute Gasteiger partial charge is 0.589 e. The first kappa shape index (κ1) is 10.0. The van der Waals surface area contributed by atoms with E-state index in [0.717, 1.165) is 19.3 Å². The summed E-state index contributed by atoms with van der Waals surface area (Å²) < 4.78 is 9.81. The van der Waals surface area contributed by atoms with Crippen LogP contribution in [0.4, 0.5) is 0 Å². The van der Waals surface area contributed by atoms with Gasteiger partial charge >= 0.3 is 15.9 Å². The normalized spacial score (nSPS) is 37.4. The van der Waals surface area contributed by atoms with Crippen LogP contribution in [0.15, 0.2) is 0 Å². The second-order valence-electron chi connectivity index (χ2n) is 4.01. The van der Waals surface area contributed by atoms with E-state index in [1.807, 2.05) is 6.92 Å². The molecule has 75 valence electrons. The van der Waals surface area contributed by atoms with Gasteiger partial charge in [-0.25, -0.2) is 0 Å². The standard InChI is InChI=1S/C9H14O4.Al/c1-5-3-2-4-6(8(10)11)7(5)9(12)13;/h5-7H,2-4H2,1H3,(H,10,11)(H,12,13);/q;+2/p-2. The molecule has 3 atom stereocenters. The van der Waals surface area contributed by atoms with Crippen LogP contribution in [0.1, 0.15) is 26.2 Å². The second kappa shape index (κ2) is 3.92. The maximum atomic E-state index is 11.6. The minimum Gasteiger partial charge on any atom is -0.589 e. The highest BCUT2D eigenvalue weighted by atomic mass is 27.2. The van der Waals surface area contributed by atoms with Crippen molar-refractivity contribution in [3.8, 4) is 0 Å². The van der Waals surface area contributed by atoms with Crippen LogP contribution in [0.25, 0.3) is 0 Å². The van der Waals surface area contributed by atoms with Crippen molar-refractivity contribution in [2.24, 2.45) is 17.8 Å². The predicted octanol–water partition coefficient (Wildman–Crippen LogP) is 0.673. The van der Waals surface area contributed by atoms with Crippen LogP contribution in [0.3, 0.4) is 0 Å². The fourth-order valence-corrected chi connectivity index (χ4v) is 2.93. The van der Waals surface area contributed by atoms with Crippen molar-refractivity contribution >= 4 is 27.8 Å². The minimum absolute atomic E-state index is 0.233. The number of fused-ring (bicyclic) bond motifs is 1. The molecule has 4 nitrogen and oxygen atoms in total. The molecule has 0 N–H and O–H groups in total. The molecular weight excluding hydrogens is 199 g/mol. The fourth-order valence-electron chi connectivity index (χ4n) is 2.36. The third-order valence-electron chi connectivity index (χ3n) is 3.12. The molecule has 1 aliphatic carbocycles. The van der Waals surface area contributed by atoms with Gasteiger partial charge in [0.25, 0.3) is 11.9 Å². The van der Waals surface area contributed by atoms with E-state index in [-0.39, 0.29) is 29.7 Å². The van der Waals surface area contributed by atoms with Crippen molar-refractivity contribution in [1.82, 2.24) is 0 Å². The first-order valence-corrected chi connectivity index (χ1v) is 5.87. The van der Waals surface area contributed by atoms with Gasteiger partial charge in [-0.15, -0.1) is 0 Å². The lowest BCUT2D eigenvalue weighted by molar-refractivity contribution is -0.149. The molecule has 0 bridgehead atoms. The van der Waals surface area contributed by atoms with Crippen LogP contribution in [0, 0.1) is 17.8 Å². The number of carbonyl (C=O) groups is 2. The van der Waals surface area contributed by atoms with Gasteiger partial charge in [-0.05, 0) is 18.8 Å². The van der Waals surface area contributed by atoms with E-state index in [1.54, 1.807) is 0 Å². The lowest BCUT2D eigenvalue weighted by Crippen LogP contribution is -2.36. The monoisotopic (exact) mass is 211 g/mol. The van der Waals surface area contributed by atoms with E-state index >= 15 is 0 Å². The Morgan fingerprint density at radius 2 is 1.93 bits per heavy atom. The van der Waals surface area contributed by atoms with Crippen molar-refractivity contribution < 1.29 is 17.2 Å². The van der Waals surface area contributed by atoms with E-state index in [0.29, 0.717) is 0 Å². The Bertz CT molecular complexity index is 266. The molecule has 0 aromatic carbocycles. The van der Waals surface area contributed by atoms with E-state index in [2.05, 4.69) is 0 Å². The van der Waals surface area contributed by atoms with Crippen LogP contribution >= 0.6 is 0 Å². The quantitative estimate of drug-likeness (QED) is 0.553. The van der Waals surface area contributed by atoms with Gasteiger partial charge < -0.3 is 7.58 Å².